The maximum atomic E-state index is 12.4. The van der Waals surface area contributed by atoms with Gasteiger partial charge >= 0.3 is 0 Å². The molecule has 0 aliphatic carbocycles. The number of carbonyl (C=O) groups is 1. The molecule has 2 fully saturated rings. The molecule has 2 saturated heterocycles. The highest BCUT2D eigenvalue weighted by Crippen LogP contribution is 2.47. The van der Waals surface area contributed by atoms with E-state index in [1.165, 1.54) is 0 Å². The van der Waals surface area contributed by atoms with Gasteiger partial charge in [-0.05, 0) is 23.3 Å². The number of epoxide rings is 2. The summed E-state index contributed by atoms with van der Waals surface area (Å²) in [7, 11) is 0. The number of rotatable bonds is 4. The van der Waals surface area contributed by atoms with Gasteiger partial charge in [0.25, 0.3) is 0 Å². The normalized spacial score (nSPS) is 30.0. The quantitative estimate of drug-likeness (QED) is 0.796. The van der Waals surface area contributed by atoms with Crippen LogP contribution in [-0.4, -0.2) is 18.0 Å². The lowest BCUT2D eigenvalue weighted by molar-refractivity contribution is -0.121. The molecular weight excluding hydrogens is 332 g/mol. The summed E-state index contributed by atoms with van der Waals surface area (Å²) >= 11 is 3.43. The van der Waals surface area contributed by atoms with Gasteiger partial charge in [-0.2, -0.15) is 0 Å². The Morgan fingerprint density at radius 2 is 1.48 bits per heavy atom. The molecule has 0 bridgehead atoms. The molecule has 0 N–H and O–H groups in total. The minimum Gasteiger partial charge on any atom is -0.356 e. The molecule has 21 heavy (non-hydrogen) atoms. The van der Waals surface area contributed by atoms with Crippen LogP contribution in [0.4, 0.5) is 0 Å². The molecule has 0 aromatic heterocycles. The second kappa shape index (κ2) is 5.05. The first-order valence-electron chi connectivity index (χ1n) is 6.89. The van der Waals surface area contributed by atoms with Crippen LogP contribution in [0.1, 0.15) is 23.3 Å². The fourth-order valence-electron chi connectivity index (χ4n) is 2.65. The summed E-state index contributed by atoms with van der Waals surface area (Å²) in [5, 5.41) is 0. The van der Waals surface area contributed by atoms with Crippen molar-refractivity contribution in [2.45, 2.75) is 24.4 Å². The monoisotopic (exact) mass is 344 g/mol. The van der Waals surface area contributed by atoms with Crippen LogP contribution >= 0.6 is 15.9 Å². The van der Waals surface area contributed by atoms with Crippen LogP contribution in [0.25, 0.3) is 0 Å². The minimum absolute atomic E-state index is 0.0498. The van der Waals surface area contributed by atoms with Crippen molar-refractivity contribution in [2.75, 3.05) is 0 Å². The molecule has 0 radical (unpaired) electrons. The molecular formula is C17H13BrO3. The predicted octanol–water partition coefficient (Wildman–Crippen LogP) is 3.60. The van der Waals surface area contributed by atoms with Gasteiger partial charge in [-0.25, -0.2) is 0 Å². The fraction of sp³-hybridized carbons (Fsp3) is 0.235. The minimum atomic E-state index is -0.363. The van der Waals surface area contributed by atoms with Crippen LogP contribution in [0.3, 0.4) is 0 Å². The molecule has 106 valence electrons. The molecule has 0 amide bonds. The highest BCUT2D eigenvalue weighted by molar-refractivity contribution is 9.10. The van der Waals surface area contributed by atoms with Gasteiger partial charge in [-0.15, -0.1) is 0 Å². The molecule has 2 aromatic rings. The number of hydrogen-bond acceptors (Lipinski definition) is 3. The first-order valence-corrected chi connectivity index (χ1v) is 7.68. The Morgan fingerprint density at radius 3 is 2.14 bits per heavy atom. The van der Waals surface area contributed by atoms with E-state index < -0.39 is 0 Å². The summed E-state index contributed by atoms with van der Waals surface area (Å²) in [5.41, 5.74) is 2.08. The summed E-state index contributed by atoms with van der Waals surface area (Å²) in [6, 6.07) is 17.7. The van der Waals surface area contributed by atoms with E-state index in [-0.39, 0.29) is 30.2 Å². The van der Waals surface area contributed by atoms with E-state index in [2.05, 4.69) is 15.9 Å². The van der Waals surface area contributed by atoms with Crippen LogP contribution in [0.2, 0.25) is 0 Å². The van der Waals surface area contributed by atoms with Crippen molar-refractivity contribution >= 4 is 21.7 Å². The molecule has 0 unspecified atom stereocenters. The van der Waals surface area contributed by atoms with Crippen molar-refractivity contribution in [1.29, 1.82) is 0 Å². The van der Waals surface area contributed by atoms with Crippen LogP contribution in [0.15, 0.2) is 59.1 Å². The average molecular weight is 345 g/mol. The number of carbonyl (C=O) groups excluding carboxylic acids is 1. The zero-order chi connectivity index (χ0) is 14.4. The highest BCUT2D eigenvalue weighted by Gasteiger charge is 2.56. The fourth-order valence-corrected chi connectivity index (χ4v) is 3.07. The van der Waals surface area contributed by atoms with Gasteiger partial charge in [-0.3, -0.25) is 4.79 Å². The first-order chi connectivity index (χ1) is 10.2. The standard InChI is InChI=1S/C17H13BrO3/c18-12-8-4-7-11(9-12)15-17(21-15)13(19)16-14(20-16)10-5-2-1-3-6-10/h1-9,14-17H/t14-,15+,16+,17-/m1/s1. The van der Waals surface area contributed by atoms with Gasteiger partial charge in [0.1, 0.15) is 24.4 Å². The molecule has 4 atom stereocenters. The Bertz CT molecular complexity index is 685. The highest BCUT2D eigenvalue weighted by atomic mass is 79.9. The number of ether oxygens (including phenoxy) is 2. The lowest BCUT2D eigenvalue weighted by Gasteiger charge is -1.96. The summed E-state index contributed by atoms with van der Waals surface area (Å²) in [6.07, 6.45) is -0.950. The number of ketones is 1. The zero-order valence-electron chi connectivity index (χ0n) is 11.1. The van der Waals surface area contributed by atoms with E-state index >= 15 is 0 Å². The van der Waals surface area contributed by atoms with E-state index in [4.69, 9.17) is 9.47 Å². The van der Waals surface area contributed by atoms with Gasteiger partial charge in [0.15, 0.2) is 5.78 Å². The first kappa shape index (κ1) is 13.2. The van der Waals surface area contributed by atoms with E-state index in [9.17, 15) is 4.79 Å². The third-order valence-electron chi connectivity index (χ3n) is 3.85. The van der Waals surface area contributed by atoms with Gasteiger partial charge in [-0.1, -0.05) is 58.4 Å². The summed E-state index contributed by atoms with van der Waals surface area (Å²) in [5.74, 6) is 0.0498. The van der Waals surface area contributed by atoms with Crippen LogP contribution in [0, 0.1) is 0 Å². The molecule has 2 heterocycles. The largest absolute Gasteiger partial charge is 0.356 e. The molecule has 0 saturated carbocycles. The van der Waals surface area contributed by atoms with E-state index in [0.717, 1.165) is 15.6 Å². The van der Waals surface area contributed by atoms with Gasteiger partial charge < -0.3 is 9.47 Å². The maximum Gasteiger partial charge on any atom is 0.196 e. The molecule has 4 rings (SSSR count). The lowest BCUT2D eigenvalue weighted by atomic mass is 10.0. The Kier molecular flexibility index (Phi) is 3.17. The van der Waals surface area contributed by atoms with E-state index in [1.807, 2.05) is 54.6 Å². The molecule has 2 aliphatic rings. The Balaban J connectivity index is 1.42. The average Bonchev–Trinajstić information content (AvgIpc) is 3.39. The van der Waals surface area contributed by atoms with Crippen molar-refractivity contribution in [3.8, 4) is 0 Å². The Hall–Kier alpha value is -1.49. The Labute approximate surface area is 131 Å². The lowest BCUT2D eigenvalue weighted by Crippen LogP contribution is -2.15. The third kappa shape index (κ3) is 2.55. The topological polar surface area (TPSA) is 42.1 Å². The number of halogens is 1. The molecule has 2 aromatic carbocycles. The maximum absolute atomic E-state index is 12.4. The van der Waals surface area contributed by atoms with Crippen LogP contribution < -0.4 is 0 Å². The number of benzene rings is 2. The Morgan fingerprint density at radius 1 is 0.857 bits per heavy atom. The van der Waals surface area contributed by atoms with Gasteiger partial charge in [0.05, 0.1) is 0 Å². The van der Waals surface area contributed by atoms with Gasteiger partial charge in [0.2, 0.25) is 0 Å². The SMILES string of the molecule is O=C([C@H]1O[C@H]1c1cccc(Br)c1)[C@@H]1O[C@@H]1c1ccccc1. The second-order valence-electron chi connectivity index (χ2n) is 5.32. The summed E-state index contributed by atoms with van der Waals surface area (Å²) < 4.78 is 12.1. The summed E-state index contributed by atoms with van der Waals surface area (Å²) in [6.45, 7) is 0. The van der Waals surface area contributed by atoms with Crippen molar-refractivity contribution in [1.82, 2.24) is 0 Å². The number of hydrogen-bond donors (Lipinski definition) is 0. The third-order valence-corrected chi connectivity index (χ3v) is 4.34. The van der Waals surface area contributed by atoms with E-state index in [1.54, 1.807) is 0 Å². The van der Waals surface area contributed by atoms with Gasteiger partial charge in [0, 0.05) is 4.47 Å². The predicted molar refractivity (Wildman–Crippen MR) is 80.8 cm³/mol. The molecule has 4 heteroatoms. The molecule has 3 nitrogen and oxygen atoms in total. The van der Waals surface area contributed by atoms with Crippen LogP contribution in [-0.2, 0) is 14.3 Å². The second-order valence-corrected chi connectivity index (χ2v) is 6.24. The smallest absolute Gasteiger partial charge is 0.196 e. The summed E-state index contributed by atoms with van der Waals surface area (Å²) in [4.78, 5) is 12.4. The van der Waals surface area contributed by atoms with Crippen molar-refractivity contribution < 1.29 is 14.3 Å². The molecule has 2 aliphatic heterocycles. The zero-order valence-corrected chi connectivity index (χ0v) is 12.7. The van der Waals surface area contributed by atoms with Crippen molar-refractivity contribution in [3.05, 3.63) is 70.2 Å². The van der Waals surface area contributed by atoms with Crippen molar-refractivity contribution in [2.24, 2.45) is 0 Å². The van der Waals surface area contributed by atoms with Crippen LogP contribution in [0.5, 0.6) is 0 Å². The van der Waals surface area contributed by atoms with E-state index in [0.29, 0.717) is 0 Å². The molecule has 0 spiro atoms. The number of Topliss-reactive ketones (excluding diaryl/α,β-unsaturated/α-hetero) is 1. The van der Waals surface area contributed by atoms with Crippen molar-refractivity contribution in [3.63, 3.8) is 0 Å².